The van der Waals surface area contributed by atoms with Gasteiger partial charge in [-0.25, -0.2) is 0 Å². The lowest BCUT2D eigenvalue weighted by Gasteiger charge is -2.33. The molecular weight excluding hydrogens is 332 g/mol. The van der Waals surface area contributed by atoms with Crippen LogP contribution in [0.4, 0.5) is 0 Å². The predicted molar refractivity (Wildman–Crippen MR) is 97.4 cm³/mol. The summed E-state index contributed by atoms with van der Waals surface area (Å²) in [5.74, 6) is 0.343. The first-order chi connectivity index (χ1) is 10.4. The number of hydrogen-bond donors (Lipinski definition) is 1. The number of carbonyl (C=O) groups is 1. The third-order valence-corrected chi connectivity index (χ3v) is 5.53. The number of hydrogen-bond acceptors (Lipinski definition) is 3. The van der Waals surface area contributed by atoms with Gasteiger partial charge < -0.3 is 10.2 Å². The molecule has 0 aromatic heterocycles. The Balaban J connectivity index is 0.00000264. The van der Waals surface area contributed by atoms with E-state index in [1.807, 2.05) is 43.1 Å². The average Bonchev–Trinajstić information content (AvgIpc) is 2.52. The molecule has 6 heteroatoms. The van der Waals surface area contributed by atoms with Crippen molar-refractivity contribution in [2.75, 3.05) is 19.8 Å². The van der Waals surface area contributed by atoms with Crippen molar-refractivity contribution >= 4 is 29.1 Å². The maximum atomic E-state index is 12.7. The summed E-state index contributed by atoms with van der Waals surface area (Å²) in [6.07, 6.45) is 3.49. The summed E-state index contributed by atoms with van der Waals surface area (Å²) in [6.45, 7) is 5.09. The number of piperidine rings is 1. The van der Waals surface area contributed by atoms with E-state index in [9.17, 15) is 9.00 Å². The molecule has 4 nitrogen and oxygen atoms in total. The van der Waals surface area contributed by atoms with Crippen molar-refractivity contribution < 1.29 is 9.00 Å². The highest BCUT2D eigenvalue weighted by molar-refractivity contribution is 7.84. The Morgan fingerprint density at radius 3 is 2.48 bits per heavy atom. The van der Waals surface area contributed by atoms with Crippen molar-refractivity contribution in [3.05, 3.63) is 29.8 Å². The first-order valence-electron chi connectivity index (χ1n) is 7.83. The molecule has 0 aliphatic carbocycles. The zero-order valence-corrected chi connectivity index (χ0v) is 15.9. The number of rotatable bonds is 4. The maximum absolute atomic E-state index is 12.7. The first kappa shape index (κ1) is 20.1. The van der Waals surface area contributed by atoms with E-state index >= 15 is 0 Å². The quantitative estimate of drug-likeness (QED) is 0.900. The molecule has 0 saturated carbocycles. The van der Waals surface area contributed by atoms with Crippen LogP contribution in [0, 0.1) is 5.92 Å². The van der Waals surface area contributed by atoms with E-state index < -0.39 is 10.8 Å². The van der Waals surface area contributed by atoms with E-state index in [1.165, 1.54) is 0 Å². The van der Waals surface area contributed by atoms with Crippen molar-refractivity contribution in [1.82, 2.24) is 10.2 Å². The molecule has 1 saturated heterocycles. The van der Waals surface area contributed by atoms with Crippen LogP contribution in [0.15, 0.2) is 29.2 Å². The molecule has 2 rings (SSSR count). The summed E-state index contributed by atoms with van der Waals surface area (Å²) >= 11 is 0. The Hall–Kier alpha value is -0.910. The van der Waals surface area contributed by atoms with Crippen LogP contribution >= 0.6 is 12.4 Å². The Morgan fingerprint density at radius 1 is 1.35 bits per heavy atom. The summed E-state index contributed by atoms with van der Waals surface area (Å²) in [6, 6.07) is 8.13. The molecule has 1 aromatic carbocycles. The van der Waals surface area contributed by atoms with Gasteiger partial charge in [-0.2, -0.15) is 0 Å². The third-order valence-electron chi connectivity index (χ3n) is 4.60. The van der Waals surface area contributed by atoms with Gasteiger partial charge in [0.2, 0.25) is 5.91 Å². The Morgan fingerprint density at radius 2 is 1.96 bits per heavy atom. The summed E-state index contributed by atoms with van der Waals surface area (Å²) in [5, 5.41) is 3.38. The van der Waals surface area contributed by atoms with E-state index in [0.717, 1.165) is 29.8 Å². The number of nitrogens with zero attached hydrogens (tertiary/aromatic N) is 1. The molecule has 2 unspecified atom stereocenters. The second-order valence-corrected chi connectivity index (χ2v) is 7.60. The molecular formula is C17H27ClN2O2S. The van der Waals surface area contributed by atoms with Gasteiger partial charge in [0.1, 0.15) is 0 Å². The highest BCUT2D eigenvalue weighted by atomic mass is 35.5. The van der Waals surface area contributed by atoms with Crippen molar-refractivity contribution in [1.29, 1.82) is 0 Å². The third kappa shape index (κ3) is 5.03. The maximum Gasteiger partial charge on any atom is 0.226 e. The second-order valence-electron chi connectivity index (χ2n) is 6.22. The molecule has 1 heterocycles. The van der Waals surface area contributed by atoms with Crippen molar-refractivity contribution in [2.24, 2.45) is 5.92 Å². The van der Waals surface area contributed by atoms with Gasteiger partial charge in [-0.05, 0) is 50.9 Å². The van der Waals surface area contributed by atoms with Gasteiger partial charge in [-0.15, -0.1) is 12.4 Å². The Kier molecular flexibility index (Phi) is 7.71. The molecule has 1 aliphatic rings. The van der Waals surface area contributed by atoms with Crippen LogP contribution in [0.1, 0.15) is 38.3 Å². The fourth-order valence-corrected chi connectivity index (χ4v) is 3.52. The highest BCUT2D eigenvalue weighted by Gasteiger charge is 2.29. The minimum atomic E-state index is -0.965. The molecule has 0 radical (unpaired) electrons. The lowest BCUT2D eigenvalue weighted by atomic mass is 9.91. The van der Waals surface area contributed by atoms with Crippen LogP contribution < -0.4 is 5.32 Å². The summed E-state index contributed by atoms with van der Waals surface area (Å²) in [5.41, 5.74) is 1.08. The normalized spacial score (nSPS) is 23.5. The van der Waals surface area contributed by atoms with Gasteiger partial charge in [-0.1, -0.05) is 12.1 Å². The molecule has 130 valence electrons. The minimum absolute atomic E-state index is 0. The molecule has 1 aromatic rings. The van der Waals surface area contributed by atoms with Crippen LogP contribution in [0.5, 0.6) is 0 Å². The van der Waals surface area contributed by atoms with Crippen molar-refractivity contribution in [3.8, 4) is 0 Å². The smallest absolute Gasteiger partial charge is 0.226 e. The van der Waals surface area contributed by atoms with Gasteiger partial charge in [0.25, 0.3) is 0 Å². The molecule has 1 amide bonds. The Bertz CT molecular complexity index is 550. The fraction of sp³-hybridized carbons (Fsp3) is 0.588. The first-order valence-corrected chi connectivity index (χ1v) is 9.39. The monoisotopic (exact) mass is 358 g/mol. The molecule has 1 N–H and O–H groups in total. The number of amides is 1. The SMILES string of the molecule is CC(c1ccc(S(C)=O)cc1)N(C)C(=O)[C@H]1CCN[C@@H](C)C1.Cl. The zero-order chi connectivity index (χ0) is 16.3. The molecule has 4 atom stereocenters. The fourth-order valence-electron chi connectivity index (χ4n) is 3.00. The van der Waals surface area contributed by atoms with E-state index in [2.05, 4.69) is 12.2 Å². The number of nitrogens with one attached hydrogen (secondary N) is 1. The van der Waals surface area contributed by atoms with E-state index in [-0.39, 0.29) is 30.3 Å². The summed E-state index contributed by atoms with van der Waals surface area (Å²) < 4.78 is 11.4. The van der Waals surface area contributed by atoms with Crippen LogP contribution in [0.3, 0.4) is 0 Å². The molecule has 23 heavy (non-hydrogen) atoms. The van der Waals surface area contributed by atoms with E-state index in [0.29, 0.717) is 6.04 Å². The van der Waals surface area contributed by atoms with Gasteiger partial charge in [0.15, 0.2) is 0 Å². The van der Waals surface area contributed by atoms with Crippen LogP contribution in [-0.2, 0) is 15.6 Å². The predicted octanol–water partition coefficient (Wildman–Crippen LogP) is 2.75. The molecule has 1 aliphatic heterocycles. The van der Waals surface area contributed by atoms with Gasteiger partial charge in [0.05, 0.1) is 6.04 Å². The largest absolute Gasteiger partial charge is 0.339 e. The number of benzene rings is 1. The molecule has 0 bridgehead atoms. The number of halogens is 1. The molecule has 0 spiro atoms. The van der Waals surface area contributed by atoms with Crippen LogP contribution in [0.25, 0.3) is 0 Å². The second kappa shape index (κ2) is 8.81. The lowest BCUT2D eigenvalue weighted by Crippen LogP contribution is -2.43. The summed E-state index contributed by atoms with van der Waals surface area (Å²) in [4.78, 5) is 15.3. The van der Waals surface area contributed by atoms with Gasteiger partial charge in [0, 0.05) is 41.0 Å². The summed E-state index contributed by atoms with van der Waals surface area (Å²) in [7, 11) is 0.915. The zero-order valence-electron chi connectivity index (χ0n) is 14.2. The van der Waals surface area contributed by atoms with Crippen molar-refractivity contribution in [2.45, 2.75) is 43.7 Å². The van der Waals surface area contributed by atoms with Gasteiger partial charge in [-0.3, -0.25) is 9.00 Å². The topological polar surface area (TPSA) is 49.4 Å². The lowest BCUT2D eigenvalue weighted by molar-refractivity contribution is -0.137. The van der Waals surface area contributed by atoms with E-state index in [4.69, 9.17) is 0 Å². The van der Waals surface area contributed by atoms with Crippen LogP contribution in [-0.4, -0.2) is 40.9 Å². The number of carbonyl (C=O) groups excluding carboxylic acids is 1. The minimum Gasteiger partial charge on any atom is -0.339 e. The molecule has 1 fully saturated rings. The average molecular weight is 359 g/mol. The van der Waals surface area contributed by atoms with Gasteiger partial charge >= 0.3 is 0 Å². The van der Waals surface area contributed by atoms with Crippen LogP contribution in [0.2, 0.25) is 0 Å². The van der Waals surface area contributed by atoms with Crippen molar-refractivity contribution in [3.63, 3.8) is 0 Å². The van der Waals surface area contributed by atoms with E-state index in [1.54, 1.807) is 6.26 Å². The standard InChI is InChI=1S/C17H26N2O2S.ClH/c1-12-11-15(9-10-18-12)17(20)19(3)13(2)14-5-7-16(8-6-14)22(4)21;/h5-8,12-13,15,18H,9-11H2,1-4H3;1H/t12-,13?,15-,22?;/m0./s1. The highest BCUT2D eigenvalue weighted by Crippen LogP contribution is 2.25. The Labute approximate surface area is 147 Å².